The molecule has 8 nitrogen and oxygen atoms in total. The molecule has 0 atom stereocenters. The Morgan fingerprint density at radius 1 is 1.10 bits per heavy atom. The molecule has 2 aromatic rings. The van der Waals surface area contributed by atoms with Gasteiger partial charge in [0.1, 0.15) is 5.75 Å². The summed E-state index contributed by atoms with van der Waals surface area (Å²) >= 11 is 0. The molecule has 0 saturated heterocycles. The number of amides is 2. The Kier molecular flexibility index (Phi) is 6.07. The summed E-state index contributed by atoms with van der Waals surface area (Å²) in [5, 5.41) is 5.13. The molecule has 9 heteroatoms. The van der Waals surface area contributed by atoms with Gasteiger partial charge in [0.15, 0.2) is 0 Å². The SMILES string of the molecule is COc1ccc(CNC(=O)C(=O)Nc2ccc3c(c2)CCCN3S(C)(=O)=O)cc1. The monoisotopic (exact) mass is 417 g/mol. The number of aryl methyl sites for hydroxylation is 1. The molecule has 0 spiro atoms. The predicted molar refractivity (Wildman–Crippen MR) is 110 cm³/mol. The van der Waals surface area contributed by atoms with Crippen molar-refractivity contribution in [2.75, 3.05) is 29.5 Å². The number of hydrogen-bond donors (Lipinski definition) is 2. The second-order valence-electron chi connectivity index (χ2n) is 6.77. The highest BCUT2D eigenvalue weighted by Gasteiger charge is 2.24. The number of carbonyl (C=O) groups is 2. The van der Waals surface area contributed by atoms with Crippen molar-refractivity contribution in [3.63, 3.8) is 0 Å². The number of ether oxygens (including phenoxy) is 1. The van der Waals surface area contributed by atoms with Crippen LogP contribution in [0.4, 0.5) is 11.4 Å². The van der Waals surface area contributed by atoms with Crippen molar-refractivity contribution in [1.29, 1.82) is 0 Å². The first-order chi connectivity index (χ1) is 13.8. The molecule has 0 aliphatic carbocycles. The summed E-state index contributed by atoms with van der Waals surface area (Å²) < 4.78 is 30.3. The number of nitrogens with zero attached hydrogens (tertiary/aromatic N) is 1. The van der Waals surface area contributed by atoms with Gasteiger partial charge in [0, 0.05) is 18.8 Å². The van der Waals surface area contributed by atoms with Crippen molar-refractivity contribution < 1.29 is 22.7 Å². The van der Waals surface area contributed by atoms with Crippen LogP contribution in [0.2, 0.25) is 0 Å². The van der Waals surface area contributed by atoms with Gasteiger partial charge < -0.3 is 15.4 Å². The number of nitrogens with one attached hydrogen (secondary N) is 2. The Balaban J connectivity index is 1.62. The van der Waals surface area contributed by atoms with E-state index in [-0.39, 0.29) is 6.54 Å². The molecular formula is C20H23N3O5S. The Morgan fingerprint density at radius 2 is 1.83 bits per heavy atom. The van der Waals surface area contributed by atoms with Gasteiger partial charge >= 0.3 is 11.8 Å². The van der Waals surface area contributed by atoms with Crippen molar-refractivity contribution in [3.8, 4) is 5.75 Å². The molecule has 2 amide bonds. The number of methoxy groups -OCH3 is 1. The summed E-state index contributed by atoms with van der Waals surface area (Å²) in [6.07, 6.45) is 2.57. The largest absolute Gasteiger partial charge is 0.497 e. The van der Waals surface area contributed by atoms with Gasteiger partial charge in [0.25, 0.3) is 0 Å². The lowest BCUT2D eigenvalue weighted by molar-refractivity contribution is -0.136. The first kappa shape index (κ1) is 20.7. The van der Waals surface area contributed by atoms with E-state index in [2.05, 4.69) is 10.6 Å². The number of hydrogen-bond acceptors (Lipinski definition) is 5. The van der Waals surface area contributed by atoms with E-state index in [0.717, 1.165) is 11.1 Å². The van der Waals surface area contributed by atoms with Crippen LogP contribution in [0.5, 0.6) is 5.75 Å². The number of benzene rings is 2. The maximum atomic E-state index is 12.2. The van der Waals surface area contributed by atoms with Gasteiger partial charge in [-0.3, -0.25) is 13.9 Å². The van der Waals surface area contributed by atoms with Crippen molar-refractivity contribution >= 4 is 33.2 Å². The third kappa shape index (κ3) is 5.05. The minimum atomic E-state index is -3.35. The zero-order valence-electron chi connectivity index (χ0n) is 16.3. The van der Waals surface area contributed by atoms with E-state index >= 15 is 0 Å². The lowest BCUT2D eigenvalue weighted by atomic mass is 10.0. The third-order valence-corrected chi connectivity index (χ3v) is 5.81. The smallest absolute Gasteiger partial charge is 0.313 e. The number of carbonyl (C=O) groups excluding carboxylic acids is 2. The number of sulfonamides is 1. The highest BCUT2D eigenvalue weighted by molar-refractivity contribution is 7.92. The summed E-state index contributed by atoms with van der Waals surface area (Å²) in [5.74, 6) is -0.829. The topological polar surface area (TPSA) is 105 Å². The Morgan fingerprint density at radius 3 is 2.48 bits per heavy atom. The quantitative estimate of drug-likeness (QED) is 0.720. The molecule has 0 fully saturated rings. The van der Waals surface area contributed by atoms with Crippen LogP contribution >= 0.6 is 0 Å². The molecule has 2 aromatic carbocycles. The van der Waals surface area contributed by atoms with Crippen molar-refractivity contribution in [2.24, 2.45) is 0 Å². The zero-order valence-corrected chi connectivity index (χ0v) is 17.1. The first-order valence-corrected chi connectivity index (χ1v) is 11.0. The van der Waals surface area contributed by atoms with E-state index in [4.69, 9.17) is 4.74 Å². The summed E-state index contributed by atoms with van der Waals surface area (Å²) in [6.45, 7) is 0.648. The summed E-state index contributed by atoms with van der Waals surface area (Å²) in [4.78, 5) is 24.3. The molecule has 1 aliphatic rings. The summed E-state index contributed by atoms with van der Waals surface area (Å²) in [7, 11) is -1.78. The standard InChI is InChI=1S/C20H23N3O5S/c1-28-17-8-5-14(6-9-17)13-21-19(24)20(25)22-16-7-10-18-15(12-16)4-3-11-23(18)29(2,26)27/h5-10,12H,3-4,11,13H2,1-2H3,(H,21,24)(H,22,25). The van der Waals surface area contributed by atoms with Crippen LogP contribution in [0.25, 0.3) is 0 Å². The molecular weight excluding hydrogens is 394 g/mol. The molecule has 1 heterocycles. The highest BCUT2D eigenvalue weighted by Crippen LogP contribution is 2.31. The van der Waals surface area contributed by atoms with Crippen molar-refractivity contribution in [3.05, 3.63) is 53.6 Å². The van der Waals surface area contributed by atoms with Crippen molar-refractivity contribution in [1.82, 2.24) is 5.32 Å². The zero-order chi connectivity index (χ0) is 21.0. The van der Waals surface area contributed by atoms with Crippen LogP contribution in [-0.4, -0.2) is 40.1 Å². The van der Waals surface area contributed by atoms with Gasteiger partial charge in [0.2, 0.25) is 10.0 Å². The fourth-order valence-electron chi connectivity index (χ4n) is 3.18. The third-order valence-electron chi connectivity index (χ3n) is 4.63. The minimum Gasteiger partial charge on any atom is -0.497 e. The van der Waals surface area contributed by atoms with Gasteiger partial charge in [-0.2, -0.15) is 0 Å². The molecule has 3 rings (SSSR count). The fourth-order valence-corrected chi connectivity index (χ4v) is 4.17. The average molecular weight is 417 g/mol. The van der Waals surface area contributed by atoms with Gasteiger partial charge in [0.05, 0.1) is 19.1 Å². The normalized spacial score (nSPS) is 13.4. The number of anilines is 2. The second kappa shape index (κ2) is 8.52. The Hall–Kier alpha value is -3.07. The molecule has 154 valence electrons. The van der Waals surface area contributed by atoms with Crippen LogP contribution in [-0.2, 0) is 32.6 Å². The van der Waals surface area contributed by atoms with E-state index in [1.54, 1.807) is 49.6 Å². The van der Waals surface area contributed by atoms with E-state index in [1.807, 2.05) is 0 Å². The fraction of sp³-hybridized carbons (Fsp3) is 0.300. The van der Waals surface area contributed by atoms with Crippen molar-refractivity contribution in [2.45, 2.75) is 19.4 Å². The van der Waals surface area contributed by atoms with E-state index < -0.39 is 21.8 Å². The van der Waals surface area contributed by atoms with Gasteiger partial charge in [-0.25, -0.2) is 8.42 Å². The molecule has 0 saturated carbocycles. The Bertz CT molecular complexity index is 1020. The van der Waals surface area contributed by atoms with Gasteiger partial charge in [-0.15, -0.1) is 0 Å². The van der Waals surface area contributed by atoms with E-state index in [0.29, 0.717) is 36.5 Å². The molecule has 29 heavy (non-hydrogen) atoms. The minimum absolute atomic E-state index is 0.212. The maximum Gasteiger partial charge on any atom is 0.313 e. The van der Waals surface area contributed by atoms with Crippen LogP contribution < -0.4 is 19.7 Å². The van der Waals surface area contributed by atoms with Crippen LogP contribution in [0, 0.1) is 0 Å². The molecule has 0 unspecified atom stereocenters. The first-order valence-electron chi connectivity index (χ1n) is 9.10. The predicted octanol–water partition coefficient (Wildman–Crippen LogP) is 1.66. The van der Waals surface area contributed by atoms with Gasteiger partial charge in [-0.05, 0) is 54.3 Å². The maximum absolute atomic E-state index is 12.2. The average Bonchev–Trinajstić information content (AvgIpc) is 2.71. The Labute approximate surface area is 169 Å². The molecule has 0 aromatic heterocycles. The highest BCUT2D eigenvalue weighted by atomic mass is 32.2. The number of fused-ring (bicyclic) bond motifs is 1. The van der Waals surface area contributed by atoms with Crippen LogP contribution in [0.15, 0.2) is 42.5 Å². The van der Waals surface area contributed by atoms with Crippen LogP contribution in [0.3, 0.4) is 0 Å². The molecule has 1 aliphatic heterocycles. The summed E-state index contributed by atoms with van der Waals surface area (Å²) in [6, 6.07) is 12.1. The molecule has 2 N–H and O–H groups in total. The second-order valence-corrected chi connectivity index (χ2v) is 8.67. The lowest BCUT2D eigenvalue weighted by Crippen LogP contribution is -2.35. The van der Waals surface area contributed by atoms with E-state index in [1.165, 1.54) is 10.6 Å². The van der Waals surface area contributed by atoms with Crippen LogP contribution in [0.1, 0.15) is 17.5 Å². The molecule has 0 radical (unpaired) electrons. The van der Waals surface area contributed by atoms with Gasteiger partial charge in [-0.1, -0.05) is 12.1 Å². The van der Waals surface area contributed by atoms with E-state index in [9.17, 15) is 18.0 Å². The number of rotatable bonds is 5. The molecule has 0 bridgehead atoms. The lowest BCUT2D eigenvalue weighted by Gasteiger charge is -2.29. The summed E-state index contributed by atoms with van der Waals surface area (Å²) in [5.41, 5.74) is 2.71.